The highest BCUT2D eigenvalue weighted by molar-refractivity contribution is 6.32. The molecule has 0 unspecified atom stereocenters. The first-order valence-corrected chi connectivity index (χ1v) is 6.21. The van der Waals surface area contributed by atoms with Crippen molar-refractivity contribution in [2.24, 2.45) is 17.8 Å². The average Bonchev–Trinajstić information content (AvgIpc) is 2.82. The molecule has 0 saturated heterocycles. The summed E-state index contributed by atoms with van der Waals surface area (Å²) in [6.45, 7) is 0.346. The zero-order valence-corrected chi connectivity index (χ0v) is 11.9. The molecule has 1 aromatic heterocycles. The number of aliphatic imine (C=N–C) groups is 1. The molecule has 1 aromatic carbocycles. The number of halogens is 1. The van der Waals surface area contributed by atoms with Crippen LogP contribution in [0.25, 0.3) is 0 Å². The van der Waals surface area contributed by atoms with E-state index in [0.717, 1.165) is 11.5 Å². The number of aromatic nitrogens is 3. The molecule has 0 fully saturated rings. The first-order valence-electron chi connectivity index (χ1n) is 5.83. The summed E-state index contributed by atoms with van der Waals surface area (Å²) >= 11 is 6.02. The zero-order valence-electron chi connectivity index (χ0n) is 11.2. The Labute approximate surface area is 121 Å². The number of hydrogen-bond acceptors (Lipinski definition) is 4. The Kier molecular flexibility index (Phi) is 4.41. The average molecular weight is 295 g/mol. The number of nitrogens with two attached hydrogens (primary N) is 1. The van der Waals surface area contributed by atoms with Gasteiger partial charge in [-0.15, -0.1) is 10.2 Å². The number of ether oxygens (including phenoxy) is 1. The van der Waals surface area contributed by atoms with Crippen LogP contribution in [-0.4, -0.2) is 27.8 Å². The molecule has 0 saturated carbocycles. The monoisotopic (exact) mass is 294 g/mol. The number of anilines is 1. The summed E-state index contributed by atoms with van der Waals surface area (Å²) in [7, 11) is 3.41. The molecule has 8 heteroatoms. The fourth-order valence-electron chi connectivity index (χ4n) is 1.54. The van der Waals surface area contributed by atoms with Crippen LogP contribution in [0.5, 0.6) is 5.75 Å². The van der Waals surface area contributed by atoms with E-state index in [4.69, 9.17) is 22.1 Å². The van der Waals surface area contributed by atoms with Gasteiger partial charge in [-0.05, 0) is 18.2 Å². The Morgan fingerprint density at radius 1 is 1.55 bits per heavy atom. The van der Waals surface area contributed by atoms with Crippen LogP contribution < -0.4 is 15.8 Å². The lowest BCUT2D eigenvalue weighted by Crippen LogP contribution is -2.22. The number of benzene rings is 1. The maximum absolute atomic E-state index is 6.02. The van der Waals surface area contributed by atoms with Gasteiger partial charge < -0.3 is 20.4 Å². The van der Waals surface area contributed by atoms with Crippen molar-refractivity contribution in [2.75, 3.05) is 12.4 Å². The fourth-order valence-corrected chi connectivity index (χ4v) is 1.80. The van der Waals surface area contributed by atoms with Crippen LogP contribution in [0.15, 0.2) is 29.5 Å². The molecule has 0 atom stereocenters. The van der Waals surface area contributed by atoms with Gasteiger partial charge in [-0.1, -0.05) is 11.6 Å². The van der Waals surface area contributed by atoms with Crippen LogP contribution in [0.1, 0.15) is 5.82 Å². The van der Waals surface area contributed by atoms with Gasteiger partial charge in [0.1, 0.15) is 18.6 Å². The third-order valence-electron chi connectivity index (χ3n) is 2.62. The lowest BCUT2D eigenvalue weighted by molar-refractivity contribution is 0.415. The lowest BCUT2D eigenvalue weighted by atomic mass is 10.3. The van der Waals surface area contributed by atoms with E-state index < -0.39 is 0 Å². The van der Waals surface area contributed by atoms with Crippen molar-refractivity contribution < 1.29 is 4.74 Å². The van der Waals surface area contributed by atoms with E-state index in [9.17, 15) is 0 Å². The van der Waals surface area contributed by atoms with Crippen LogP contribution in [0.3, 0.4) is 0 Å². The predicted molar refractivity (Wildman–Crippen MR) is 78.0 cm³/mol. The predicted octanol–water partition coefficient (Wildman–Crippen LogP) is 1.40. The second kappa shape index (κ2) is 6.25. The number of nitrogens with zero attached hydrogens (tertiary/aromatic N) is 4. The lowest BCUT2D eigenvalue weighted by Gasteiger charge is -2.08. The van der Waals surface area contributed by atoms with Gasteiger partial charge in [-0.3, -0.25) is 0 Å². The van der Waals surface area contributed by atoms with E-state index in [0.29, 0.717) is 17.3 Å². The number of methoxy groups -OCH3 is 1. The molecule has 20 heavy (non-hydrogen) atoms. The van der Waals surface area contributed by atoms with E-state index >= 15 is 0 Å². The van der Waals surface area contributed by atoms with Crippen molar-refractivity contribution in [1.29, 1.82) is 0 Å². The standard InChI is InChI=1S/C12H15ClN6O/c1-19-7-16-18-11(19)6-15-12(14)17-8-3-4-10(20-2)9(13)5-8/h3-5,7H,6H2,1-2H3,(H3,14,15,17). The zero-order chi connectivity index (χ0) is 14.5. The van der Waals surface area contributed by atoms with Crippen LogP contribution in [0, 0.1) is 0 Å². The molecule has 0 amide bonds. The Morgan fingerprint density at radius 3 is 2.95 bits per heavy atom. The van der Waals surface area contributed by atoms with Gasteiger partial charge >= 0.3 is 0 Å². The van der Waals surface area contributed by atoms with E-state index in [1.54, 1.807) is 36.2 Å². The quantitative estimate of drug-likeness (QED) is 0.657. The van der Waals surface area contributed by atoms with E-state index in [-0.39, 0.29) is 5.96 Å². The molecule has 3 N–H and O–H groups in total. The summed E-state index contributed by atoms with van der Waals surface area (Å²) in [5, 5.41) is 11.1. The van der Waals surface area contributed by atoms with Crippen molar-refractivity contribution >= 4 is 23.2 Å². The summed E-state index contributed by atoms with van der Waals surface area (Å²) in [5.74, 6) is 1.60. The van der Waals surface area contributed by atoms with Crippen LogP contribution in [0.2, 0.25) is 5.02 Å². The molecule has 0 radical (unpaired) electrons. The summed E-state index contributed by atoms with van der Waals surface area (Å²) in [4.78, 5) is 4.18. The summed E-state index contributed by atoms with van der Waals surface area (Å²) in [5.41, 5.74) is 6.53. The molecule has 0 aliphatic carbocycles. The molecule has 106 valence electrons. The smallest absolute Gasteiger partial charge is 0.193 e. The van der Waals surface area contributed by atoms with Crippen molar-refractivity contribution in [3.63, 3.8) is 0 Å². The minimum absolute atomic E-state index is 0.272. The summed E-state index contributed by atoms with van der Waals surface area (Å²) in [6, 6.07) is 5.27. The molecule has 0 spiro atoms. The highest BCUT2D eigenvalue weighted by Gasteiger charge is 2.03. The van der Waals surface area contributed by atoms with Crippen molar-refractivity contribution in [2.45, 2.75) is 6.54 Å². The van der Waals surface area contributed by atoms with E-state index in [1.807, 2.05) is 7.05 Å². The third kappa shape index (κ3) is 3.39. The van der Waals surface area contributed by atoms with Crippen LogP contribution >= 0.6 is 11.6 Å². The Hall–Kier alpha value is -2.28. The van der Waals surface area contributed by atoms with E-state index in [2.05, 4.69) is 20.5 Å². The van der Waals surface area contributed by atoms with Gasteiger partial charge in [0.2, 0.25) is 0 Å². The van der Waals surface area contributed by atoms with Gasteiger partial charge in [0, 0.05) is 12.7 Å². The Morgan fingerprint density at radius 2 is 2.35 bits per heavy atom. The fraction of sp³-hybridized carbons (Fsp3) is 0.250. The van der Waals surface area contributed by atoms with Crippen LogP contribution in [-0.2, 0) is 13.6 Å². The molecule has 0 aliphatic heterocycles. The third-order valence-corrected chi connectivity index (χ3v) is 2.92. The molecular formula is C12H15ClN6O. The topological polar surface area (TPSA) is 90.3 Å². The highest BCUT2D eigenvalue weighted by atomic mass is 35.5. The molecule has 0 aliphatic rings. The number of hydrogen-bond donors (Lipinski definition) is 2. The van der Waals surface area contributed by atoms with Gasteiger partial charge in [-0.2, -0.15) is 0 Å². The maximum Gasteiger partial charge on any atom is 0.193 e. The SMILES string of the molecule is COc1ccc(NC(N)=NCc2nncn2C)cc1Cl. The molecule has 7 nitrogen and oxygen atoms in total. The molecule has 2 rings (SSSR count). The summed E-state index contributed by atoms with van der Waals surface area (Å²) < 4.78 is 6.85. The number of guanidine groups is 1. The largest absolute Gasteiger partial charge is 0.495 e. The van der Waals surface area contributed by atoms with Gasteiger partial charge in [0.15, 0.2) is 11.8 Å². The minimum atomic E-state index is 0.272. The van der Waals surface area contributed by atoms with E-state index in [1.165, 1.54) is 0 Å². The normalized spacial score (nSPS) is 11.4. The first-order chi connectivity index (χ1) is 9.60. The van der Waals surface area contributed by atoms with Crippen LogP contribution in [0.4, 0.5) is 5.69 Å². The summed E-state index contributed by atoms with van der Waals surface area (Å²) in [6.07, 6.45) is 1.61. The molecular weight excluding hydrogens is 280 g/mol. The number of nitrogens with one attached hydrogen (secondary N) is 1. The molecule has 2 aromatic rings. The highest BCUT2D eigenvalue weighted by Crippen LogP contribution is 2.26. The van der Waals surface area contributed by atoms with Crippen molar-refractivity contribution in [3.05, 3.63) is 35.4 Å². The number of aryl methyl sites for hydroxylation is 1. The molecule has 1 heterocycles. The Bertz CT molecular complexity index is 624. The van der Waals surface area contributed by atoms with Crippen molar-refractivity contribution in [3.8, 4) is 5.75 Å². The first kappa shape index (κ1) is 14.1. The second-order valence-electron chi connectivity index (χ2n) is 4.03. The number of rotatable bonds is 4. The van der Waals surface area contributed by atoms with Gasteiger partial charge in [-0.25, -0.2) is 4.99 Å². The van der Waals surface area contributed by atoms with Gasteiger partial charge in [0.25, 0.3) is 0 Å². The van der Waals surface area contributed by atoms with Gasteiger partial charge in [0.05, 0.1) is 12.1 Å². The second-order valence-corrected chi connectivity index (χ2v) is 4.44. The molecule has 0 bridgehead atoms. The minimum Gasteiger partial charge on any atom is -0.495 e. The van der Waals surface area contributed by atoms with Crippen molar-refractivity contribution in [1.82, 2.24) is 14.8 Å². The maximum atomic E-state index is 6.02. The Balaban J connectivity index is 2.02.